The van der Waals surface area contributed by atoms with Crippen molar-refractivity contribution in [2.24, 2.45) is 0 Å². The van der Waals surface area contributed by atoms with Crippen LogP contribution in [0.4, 0.5) is 13.2 Å². The highest BCUT2D eigenvalue weighted by Crippen LogP contribution is 2.10. The molecule has 0 aliphatic carbocycles. The van der Waals surface area contributed by atoms with Gasteiger partial charge < -0.3 is 0 Å². The van der Waals surface area contributed by atoms with E-state index in [1.54, 1.807) is 0 Å². The van der Waals surface area contributed by atoms with Gasteiger partial charge in [-0.25, -0.2) is 0 Å². The van der Waals surface area contributed by atoms with Gasteiger partial charge in [-0.2, -0.15) is 13.2 Å². The van der Waals surface area contributed by atoms with Crippen molar-refractivity contribution in [3.8, 4) is 0 Å². The molecule has 6 heavy (non-hydrogen) atoms. The fourth-order valence-corrected chi connectivity index (χ4v) is 0. The van der Waals surface area contributed by atoms with Crippen LogP contribution in [0.15, 0.2) is 0 Å². The first-order valence-corrected chi connectivity index (χ1v) is 1.07. The Morgan fingerprint density at radius 1 is 1.17 bits per heavy atom. The largest absolute Gasteiger partial charge is 0.386 e. The molecule has 0 spiro atoms. The minimum atomic E-state index is -4.00. The molecule has 0 N–H and O–H groups in total. The van der Waals surface area contributed by atoms with Crippen LogP contribution in [-0.4, -0.2) is 6.18 Å². The van der Waals surface area contributed by atoms with E-state index in [2.05, 4.69) is 0 Å². The Morgan fingerprint density at radius 2 is 1.17 bits per heavy atom. The van der Waals surface area contributed by atoms with E-state index in [0.717, 1.165) is 0 Å². The minimum absolute atomic E-state index is 0. The molecular weight excluding hydrogens is 93.0 g/mol. The zero-order chi connectivity index (χ0) is 4.50. The molecule has 0 fully saturated rings. The van der Waals surface area contributed by atoms with E-state index in [-0.39, 0.29) is 14.4 Å². The van der Waals surface area contributed by atoms with Gasteiger partial charge in [0.1, 0.15) is 0 Å². The summed E-state index contributed by atoms with van der Waals surface area (Å²) in [4.78, 5) is 0. The first kappa shape index (κ1) is 9.25. The zero-order valence-electron chi connectivity index (χ0n) is 2.63. The van der Waals surface area contributed by atoms with Crippen LogP contribution < -0.4 is 0 Å². The van der Waals surface area contributed by atoms with Crippen LogP contribution in [0.1, 0.15) is 14.4 Å². The number of alkyl halides is 3. The van der Waals surface area contributed by atoms with Gasteiger partial charge in [0, 0.05) is 6.92 Å². The van der Waals surface area contributed by atoms with Crippen LogP contribution in [-0.2, 0) is 0 Å². The SMILES string of the molecule is C.CC(F)(F)F. The number of hydrogen-bond donors (Lipinski definition) is 0. The second-order valence-corrected chi connectivity index (χ2v) is 0.781. The summed E-state index contributed by atoms with van der Waals surface area (Å²) in [5, 5.41) is 0. The molecule has 0 aromatic carbocycles. The lowest BCUT2D eigenvalue weighted by Crippen LogP contribution is -1.95. The third kappa shape index (κ3) is 669. The van der Waals surface area contributed by atoms with Gasteiger partial charge >= 0.3 is 6.18 Å². The molecule has 0 aliphatic heterocycles. The van der Waals surface area contributed by atoms with Crippen LogP contribution in [0.2, 0.25) is 0 Å². The summed E-state index contributed by atoms with van der Waals surface area (Å²) in [6.07, 6.45) is -4.00. The monoisotopic (exact) mass is 100 g/mol. The quantitative estimate of drug-likeness (QED) is 0.437. The summed E-state index contributed by atoms with van der Waals surface area (Å²) in [5.74, 6) is 0. The molecule has 0 unspecified atom stereocenters. The summed E-state index contributed by atoms with van der Waals surface area (Å²) in [6, 6.07) is 0. The van der Waals surface area contributed by atoms with E-state index in [0.29, 0.717) is 0 Å². The third-order valence-corrected chi connectivity index (χ3v) is 0. The van der Waals surface area contributed by atoms with E-state index in [1.807, 2.05) is 0 Å². The van der Waals surface area contributed by atoms with E-state index >= 15 is 0 Å². The molecule has 0 saturated heterocycles. The van der Waals surface area contributed by atoms with Gasteiger partial charge in [0.2, 0.25) is 0 Å². The molecule has 40 valence electrons. The summed E-state index contributed by atoms with van der Waals surface area (Å²) in [7, 11) is 0. The second kappa shape index (κ2) is 2.05. The van der Waals surface area contributed by atoms with Gasteiger partial charge in [0.05, 0.1) is 0 Å². The Bertz CT molecular complexity index is 21.5. The standard InChI is InChI=1S/C2H3F3.CH4/c1-2(3,4)5;/h1H3;1H4. The van der Waals surface area contributed by atoms with Crippen LogP contribution >= 0.6 is 0 Å². The van der Waals surface area contributed by atoms with E-state index in [9.17, 15) is 13.2 Å². The molecule has 0 amide bonds. The van der Waals surface area contributed by atoms with Crippen molar-refractivity contribution in [3.63, 3.8) is 0 Å². The first-order chi connectivity index (χ1) is 2.00. The maximum atomic E-state index is 10.4. The smallest absolute Gasteiger partial charge is 0.172 e. The molecule has 0 nitrogen and oxygen atoms in total. The van der Waals surface area contributed by atoms with Crippen molar-refractivity contribution in [1.82, 2.24) is 0 Å². The Balaban J connectivity index is 0. The number of halogens is 3. The van der Waals surface area contributed by atoms with Gasteiger partial charge in [0.25, 0.3) is 0 Å². The Hall–Kier alpha value is -0.210. The van der Waals surface area contributed by atoms with Crippen molar-refractivity contribution in [2.75, 3.05) is 0 Å². The average Bonchev–Trinajstić information content (AvgIpc) is 0.722. The summed E-state index contributed by atoms with van der Waals surface area (Å²) in [6.45, 7) is 0.188. The van der Waals surface area contributed by atoms with Gasteiger partial charge in [-0.05, 0) is 0 Å². The van der Waals surface area contributed by atoms with Gasteiger partial charge in [-0.3, -0.25) is 0 Å². The maximum absolute atomic E-state index is 10.4. The fourth-order valence-electron chi connectivity index (χ4n) is 0. The first-order valence-electron chi connectivity index (χ1n) is 1.07. The molecule has 3 heteroatoms. The summed E-state index contributed by atoms with van der Waals surface area (Å²) < 4.78 is 31.1. The second-order valence-electron chi connectivity index (χ2n) is 0.781. The highest BCUT2D eigenvalue weighted by atomic mass is 19.4. The Labute approximate surface area is 35.0 Å². The van der Waals surface area contributed by atoms with Crippen molar-refractivity contribution in [3.05, 3.63) is 0 Å². The molecule has 0 rings (SSSR count). The highest BCUT2D eigenvalue weighted by Gasteiger charge is 2.15. The molecule has 0 bridgehead atoms. The predicted octanol–water partition coefficient (Wildman–Crippen LogP) is 2.20. The Morgan fingerprint density at radius 3 is 1.17 bits per heavy atom. The fraction of sp³-hybridized carbons (Fsp3) is 1.00. The molecule has 0 aromatic rings. The molecular formula is C3H7F3. The zero-order valence-corrected chi connectivity index (χ0v) is 2.63. The van der Waals surface area contributed by atoms with Crippen molar-refractivity contribution in [1.29, 1.82) is 0 Å². The van der Waals surface area contributed by atoms with Crippen LogP contribution in [0, 0.1) is 0 Å². The molecule has 0 aromatic heterocycles. The lowest BCUT2D eigenvalue weighted by Gasteiger charge is -1.88. The molecule has 0 atom stereocenters. The minimum Gasteiger partial charge on any atom is -0.172 e. The predicted molar refractivity (Wildman–Crippen MR) is 18.5 cm³/mol. The van der Waals surface area contributed by atoms with E-state index in [4.69, 9.17) is 0 Å². The number of rotatable bonds is 0. The average molecular weight is 100 g/mol. The van der Waals surface area contributed by atoms with Crippen LogP contribution in [0.5, 0.6) is 0 Å². The lowest BCUT2D eigenvalue weighted by atomic mass is 10.8. The van der Waals surface area contributed by atoms with Crippen LogP contribution in [0.25, 0.3) is 0 Å². The van der Waals surface area contributed by atoms with Gasteiger partial charge in [0.15, 0.2) is 0 Å². The molecule has 0 aliphatic rings. The van der Waals surface area contributed by atoms with Crippen molar-refractivity contribution >= 4 is 0 Å². The third-order valence-electron chi connectivity index (χ3n) is 0. The van der Waals surface area contributed by atoms with Gasteiger partial charge in [-0.15, -0.1) is 0 Å². The highest BCUT2D eigenvalue weighted by molar-refractivity contribution is 4.26. The maximum Gasteiger partial charge on any atom is 0.386 e. The number of hydrogen-bond acceptors (Lipinski definition) is 0. The molecule has 0 radical (unpaired) electrons. The van der Waals surface area contributed by atoms with Crippen molar-refractivity contribution < 1.29 is 13.2 Å². The molecule has 0 saturated carbocycles. The Kier molecular flexibility index (Phi) is 3.16. The van der Waals surface area contributed by atoms with Crippen LogP contribution in [0.3, 0.4) is 0 Å². The summed E-state index contributed by atoms with van der Waals surface area (Å²) >= 11 is 0. The van der Waals surface area contributed by atoms with E-state index in [1.165, 1.54) is 0 Å². The van der Waals surface area contributed by atoms with E-state index < -0.39 is 6.18 Å². The topological polar surface area (TPSA) is 0 Å². The molecule has 0 heterocycles. The van der Waals surface area contributed by atoms with Crippen molar-refractivity contribution in [2.45, 2.75) is 20.5 Å². The van der Waals surface area contributed by atoms with Gasteiger partial charge in [-0.1, -0.05) is 7.43 Å². The summed E-state index contributed by atoms with van der Waals surface area (Å²) in [5.41, 5.74) is 0. The normalized spacial score (nSPS) is 10.0. The lowest BCUT2D eigenvalue weighted by molar-refractivity contribution is -0.110.